The lowest BCUT2D eigenvalue weighted by Gasteiger charge is -2.02. The van der Waals surface area contributed by atoms with Crippen LogP contribution in [0.1, 0.15) is 47.8 Å². The standard InChI is InChI=1S/3C18H11ClN2O/c19-16-9-7-13-14-10-12(6-8-15(14)20-18(13)21-16)17(22)11-4-2-1-3-5-11;19-13-9-15-14-8-12(17(22)11-4-2-1-3-5-11)6-7-16(14)21-18(15)20-10-13;19-14-8-9-20-18-16(14)13-10-12(6-7-15(13)21-18)17(22)11-4-2-1-3-5-11/h3*1-10H,(H,20,21). The van der Waals surface area contributed by atoms with Crippen molar-refractivity contribution in [2.24, 2.45) is 0 Å². The predicted molar refractivity (Wildman–Crippen MR) is 265 cm³/mol. The van der Waals surface area contributed by atoms with Gasteiger partial charge in [-0.15, -0.1) is 0 Å². The molecule has 66 heavy (non-hydrogen) atoms. The second-order valence-corrected chi connectivity index (χ2v) is 16.6. The predicted octanol–water partition coefficient (Wildman–Crippen LogP) is 13.8. The van der Waals surface area contributed by atoms with Crippen molar-refractivity contribution in [3.05, 3.63) is 231 Å². The molecule has 12 aromatic rings. The molecule has 0 bridgehead atoms. The number of nitrogens with zero attached hydrogens (tertiary/aromatic N) is 3. The Bertz CT molecular complexity index is 3810. The number of fused-ring (bicyclic) bond motifs is 9. The van der Waals surface area contributed by atoms with E-state index in [1.54, 1.807) is 24.5 Å². The summed E-state index contributed by atoms with van der Waals surface area (Å²) in [4.78, 5) is 60.2. The van der Waals surface area contributed by atoms with Crippen molar-refractivity contribution < 1.29 is 14.4 Å². The number of nitrogens with one attached hydrogen (secondary N) is 3. The molecular formula is C54H33Cl3N6O3. The van der Waals surface area contributed by atoms with Crippen LogP contribution in [0.25, 0.3) is 65.8 Å². The third kappa shape index (κ3) is 8.30. The summed E-state index contributed by atoms with van der Waals surface area (Å²) in [5, 5.41) is 7.21. The fourth-order valence-corrected chi connectivity index (χ4v) is 8.52. The summed E-state index contributed by atoms with van der Waals surface area (Å²) in [6.07, 6.45) is 3.27. The first-order valence-corrected chi connectivity index (χ1v) is 21.8. The lowest BCUT2D eigenvalue weighted by atomic mass is 10.0. The minimum atomic E-state index is -0.00290. The maximum atomic E-state index is 12.6. The van der Waals surface area contributed by atoms with Gasteiger partial charge < -0.3 is 15.0 Å². The van der Waals surface area contributed by atoms with Crippen molar-refractivity contribution in [1.29, 1.82) is 0 Å². The average molecular weight is 920 g/mol. The van der Waals surface area contributed by atoms with Crippen LogP contribution in [0.2, 0.25) is 15.2 Å². The first kappa shape index (κ1) is 42.0. The summed E-state index contributed by atoms with van der Waals surface area (Å²) < 4.78 is 0. The van der Waals surface area contributed by atoms with Crippen molar-refractivity contribution in [1.82, 2.24) is 29.9 Å². The van der Waals surface area contributed by atoms with Crippen LogP contribution in [0.3, 0.4) is 0 Å². The number of carbonyl (C=O) groups is 3. The van der Waals surface area contributed by atoms with E-state index < -0.39 is 0 Å². The Kier molecular flexibility index (Phi) is 11.4. The normalized spacial score (nSPS) is 11.1. The average Bonchev–Trinajstić information content (AvgIpc) is 4.05. The van der Waals surface area contributed by atoms with Crippen molar-refractivity contribution >= 4 is 118 Å². The molecule has 318 valence electrons. The smallest absolute Gasteiger partial charge is 0.193 e. The van der Waals surface area contributed by atoms with Gasteiger partial charge in [0.25, 0.3) is 0 Å². The van der Waals surface area contributed by atoms with E-state index in [-0.39, 0.29) is 17.3 Å². The molecule has 0 saturated carbocycles. The Morgan fingerprint density at radius 3 is 1.41 bits per heavy atom. The molecule has 0 fully saturated rings. The van der Waals surface area contributed by atoms with Gasteiger partial charge in [-0.1, -0.05) is 126 Å². The molecule has 3 N–H and O–H groups in total. The number of aromatic nitrogens is 6. The zero-order chi connectivity index (χ0) is 45.3. The summed E-state index contributed by atoms with van der Waals surface area (Å²) in [7, 11) is 0. The number of pyridine rings is 3. The zero-order valence-corrected chi connectivity index (χ0v) is 36.8. The van der Waals surface area contributed by atoms with Gasteiger partial charge in [0, 0.05) is 94.6 Å². The van der Waals surface area contributed by atoms with E-state index in [0.717, 1.165) is 65.8 Å². The monoisotopic (exact) mass is 918 g/mol. The molecule has 0 amide bonds. The van der Waals surface area contributed by atoms with E-state index in [2.05, 4.69) is 29.9 Å². The van der Waals surface area contributed by atoms with E-state index in [9.17, 15) is 14.4 Å². The van der Waals surface area contributed by atoms with Crippen LogP contribution < -0.4 is 0 Å². The SMILES string of the molecule is O=C(c1ccccc1)c1ccc2[nH]c3nc(Cl)ccc3c2c1.O=C(c1ccccc1)c1ccc2[nH]c3ncc(Cl)cc3c2c1.O=C(c1ccccc1)c1ccc2[nH]c3nccc(Cl)c3c2c1. The topological polar surface area (TPSA) is 137 Å². The van der Waals surface area contributed by atoms with Crippen LogP contribution in [0.15, 0.2) is 182 Å². The van der Waals surface area contributed by atoms with Crippen LogP contribution in [0.4, 0.5) is 0 Å². The van der Waals surface area contributed by atoms with Gasteiger partial charge in [0.05, 0.1) is 10.0 Å². The van der Waals surface area contributed by atoms with E-state index >= 15 is 0 Å². The molecule has 0 aliphatic carbocycles. The summed E-state index contributed by atoms with van der Waals surface area (Å²) >= 11 is 18.2. The number of halogens is 3. The minimum absolute atomic E-state index is 0.00290. The van der Waals surface area contributed by atoms with Crippen LogP contribution >= 0.6 is 34.8 Å². The van der Waals surface area contributed by atoms with Gasteiger partial charge in [0.15, 0.2) is 17.3 Å². The quantitative estimate of drug-likeness (QED) is 0.112. The molecule has 0 unspecified atom stereocenters. The Balaban J connectivity index is 0.000000116. The Morgan fingerprint density at radius 2 is 0.864 bits per heavy atom. The third-order valence-electron chi connectivity index (χ3n) is 11.2. The molecule has 12 heteroatoms. The van der Waals surface area contributed by atoms with Crippen LogP contribution in [0, 0.1) is 0 Å². The van der Waals surface area contributed by atoms with Gasteiger partial charge in [0.1, 0.15) is 22.1 Å². The number of hydrogen-bond acceptors (Lipinski definition) is 6. The maximum Gasteiger partial charge on any atom is 0.193 e. The van der Waals surface area contributed by atoms with E-state index in [1.807, 2.05) is 158 Å². The summed E-state index contributed by atoms with van der Waals surface area (Å²) in [6, 6.07) is 51.9. The van der Waals surface area contributed by atoms with Gasteiger partial charge >= 0.3 is 0 Å². The van der Waals surface area contributed by atoms with Gasteiger partial charge in [0.2, 0.25) is 0 Å². The van der Waals surface area contributed by atoms with Crippen molar-refractivity contribution in [2.75, 3.05) is 0 Å². The molecule has 6 aromatic heterocycles. The van der Waals surface area contributed by atoms with Crippen LogP contribution in [-0.4, -0.2) is 47.3 Å². The highest BCUT2D eigenvalue weighted by molar-refractivity contribution is 6.38. The molecule has 0 aliphatic rings. The van der Waals surface area contributed by atoms with Crippen molar-refractivity contribution in [3.63, 3.8) is 0 Å². The third-order valence-corrected chi connectivity index (χ3v) is 11.9. The lowest BCUT2D eigenvalue weighted by Crippen LogP contribution is -2.00. The minimum Gasteiger partial charge on any atom is -0.339 e. The number of carbonyl (C=O) groups excluding carboxylic acids is 3. The molecular weight excluding hydrogens is 887 g/mol. The zero-order valence-electron chi connectivity index (χ0n) is 34.5. The van der Waals surface area contributed by atoms with Gasteiger partial charge in [-0.3, -0.25) is 14.4 Å². The fraction of sp³-hybridized carbons (Fsp3) is 0. The second-order valence-electron chi connectivity index (χ2n) is 15.3. The van der Waals surface area contributed by atoms with Gasteiger partial charge in [-0.2, -0.15) is 0 Å². The van der Waals surface area contributed by atoms with Crippen LogP contribution in [0.5, 0.6) is 0 Å². The van der Waals surface area contributed by atoms with E-state index in [1.165, 1.54) is 0 Å². The highest BCUT2D eigenvalue weighted by atomic mass is 35.5. The number of aromatic amines is 3. The number of hydrogen-bond donors (Lipinski definition) is 3. The number of rotatable bonds is 6. The highest BCUT2D eigenvalue weighted by Crippen LogP contribution is 2.32. The lowest BCUT2D eigenvalue weighted by molar-refractivity contribution is 0.103. The second kappa shape index (κ2) is 17.9. The number of benzene rings is 6. The van der Waals surface area contributed by atoms with Gasteiger partial charge in [-0.25, -0.2) is 15.0 Å². The molecule has 0 saturated heterocycles. The first-order valence-electron chi connectivity index (χ1n) is 20.7. The van der Waals surface area contributed by atoms with Crippen molar-refractivity contribution in [3.8, 4) is 0 Å². The van der Waals surface area contributed by atoms with E-state index in [4.69, 9.17) is 34.8 Å². The van der Waals surface area contributed by atoms with Gasteiger partial charge in [-0.05, 0) is 78.9 Å². The molecule has 0 aliphatic heterocycles. The molecule has 0 atom stereocenters. The first-order chi connectivity index (χ1) is 32.2. The highest BCUT2D eigenvalue weighted by Gasteiger charge is 2.16. The molecule has 9 nitrogen and oxygen atoms in total. The molecule has 6 aromatic carbocycles. The number of ketones is 3. The number of H-pyrrole nitrogens is 3. The maximum absolute atomic E-state index is 12.6. The molecule has 0 radical (unpaired) electrons. The molecule has 6 heterocycles. The fourth-order valence-electron chi connectivity index (χ4n) is 7.97. The molecule has 0 spiro atoms. The molecule has 12 rings (SSSR count). The van der Waals surface area contributed by atoms with E-state index in [0.29, 0.717) is 48.6 Å². The largest absolute Gasteiger partial charge is 0.339 e. The van der Waals surface area contributed by atoms with Crippen molar-refractivity contribution in [2.45, 2.75) is 0 Å². The Labute approximate surface area is 391 Å². The summed E-state index contributed by atoms with van der Waals surface area (Å²) in [6.45, 7) is 0. The Hall–Kier alpha value is -7.95. The summed E-state index contributed by atoms with van der Waals surface area (Å²) in [5.74, 6) is 0.0162. The summed E-state index contributed by atoms with van der Waals surface area (Å²) in [5.41, 5.74) is 9.01. The Morgan fingerprint density at radius 1 is 0.394 bits per heavy atom. The van der Waals surface area contributed by atoms with Crippen LogP contribution in [-0.2, 0) is 0 Å².